The number of benzene rings is 1. The van der Waals surface area contributed by atoms with E-state index in [2.05, 4.69) is 51.8 Å². The maximum Gasteiger partial charge on any atom is 0.191 e. The Bertz CT molecular complexity index is 569. The van der Waals surface area contributed by atoms with E-state index in [1.807, 2.05) is 14.0 Å². The van der Waals surface area contributed by atoms with Crippen molar-refractivity contribution < 1.29 is 4.74 Å². The van der Waals surface area contributed by atoms with Crippen LogP contribution in [0, 0.1) is 0 Å². The molecule has 0 bridgehead atoms. The summed E-state index contributed by atoms with van der Waals surface area (Å²) in [6, 6.07) is 9.51. The van der Waals surface area contributed by atoms with Crippen molar-refractivity contribution in [3.63, 3.8) is 0 Å². The molecule has 5 nitrogen and oxygen atoms in total. The van der Waals surface area contributed by atoms with Gasteiger partial charge < -0.3 is 15.4 Å². The summed E-state index contributed by atoms with van der Waals surface area (Å²) in [5.41, 5.74) is 2.76. The van der Waals surface area contributed by atoms with Crippen LogP contribution in [0.2, 0.25) is 0 Å². The molecule has 1 aliphatic carbocycles. The van der Waals surface area contributed by atoms with Crippen LogP contribution in [0.15, 0.2) is 29.3 Å². The zero-order chi connectivity index (χ0) is 20.0. The molecule has 2 N–H and O–H groups in total. The molecule has 5 heteroatoms. The van der Waals surface area contributed by atoms with Crippen molar-refractivity contribution in [3.05, 3.63) is 35.4 Å². The number of nitrogens with zero attached hydrogens (tertiary/aromatic N) is 2. The SMILES string of the molecule is CCOCCCCNC(=NC)NCc1ccccc1CN(C)C1CCCCC1. The second-order valence-electron chi connectivity index (χ2n) is 7.73. The van der Waals surface area contributed by atoms with Gasteiger partial charge in [-0.1, -0.05) is 43.5 Å². The van der Waals surface area contributed by atoms with Crippen molar-refractivity contribution in [1.29, 1.82) is 0 Å². The van der Waals surface area contributed by atoms with Gasteiger partial charge in [0.1, 0.15) is 0 Å². The largest absolute Gasteiger partial charge is 0.382 e. The fourth-order valence-corrected chi connectivity index (χ4v) is 3.88. The quantitative estimate of drug-likeness (QED) is 0.343. The van der Waals surface area contributed by atoms with Crippen molar-refractivity contribution in [2.45, 2.75) is 71.0 Å². The van der Waals surface area contributed by atoms with Gasteiger partial charge in [-0.25, -0.2) is 0 Å². The van der Waals surface area contributed by atoms with Gasteiger partial charge in [0, 0.05) is 45.9 Å². The molecule has 0 heterocycles. The second kappa shape index (κ2) is 13.6. The summed E-state index contributed by atoms with van der Waals surface area (Å²) in [4.78, 5) is 6.90. The Kier molecular flexibility index (Phi) is 11.0. The lowest BCUT2D eigenvalue weighted by atomic mass is 9.94. The second-order valence-corrected chi connectivity index (χ2v) is 7.73. The van der Waals surface area contributed by atoms with E-state index in [1.54, 1.807) is 0 Å². The minimum atomic E-state index is 0.737. The number of ether oxygens (including phenoxy) is 1. The van der Waals surface area contributed by atoms with Crippen molar-refractivity contribution in [2.24, 2.45) is 4.99 Å². The number of hydrogen-bond donors (Lipinski definition) is 2. The van der Waals surface area contributed by atoms with Crippen LogP contribution in [-0.2, 0) is 17.8 Å². The van der Waals surface area contributed by atoms with Gasteiger partial charge in [-0.3, -0.25) is 9.89 Å². The van der Waals surface area contributed by atoms with E-state index >= 15 is 0 Å². The van der Waals surface area contributed by atoms with Crippen LogP contribution in [0.3, 0.4) is 0 Å². The molecule has 1 saturated carbocycles. The topological polar surface area (TPSA) is 48.9 Å². The summed E-state index contributed by atoms with van der Waals surface area (Å²) in [7, 11) is 4.11. The summed E-state index contributed by atoms with van der Waals surface area (Å²) < 4.78 is 5.38. The minimum Gasteiger partial charge on any atom is -0.382 e. The van der Waals surface area contributed by atoms with Gasteiger partial charge in [-0.15, -0.1) is 0 Å². The van der Waals surface area contributed by atoms with Gasteiger partial charge >= 0.3 is 0 Å². The Morgan fingerprint density at radius 1 is 1.11 bits per heavy atom. The molecule has 1 aliphatic rings. The Morgan fingerprint density at radius 2 is 1.86 bits per heavy atom. The Hall–Kier alpha value is -1.59. The average Bonchev–Trinajstić information content (AvgIpc) is 2.74. The van der Waals surface area contributed by atoms with Gasteiger partial charge in [0.2, 0.25) is 0 Å². The van der Waals surface area contributed by atoms with Crippen LogP contribution in [0.4, 0.5) is 0 Å². The molecule has 28 heavy (non-hydrogen) atoms. The summed E-state index contributed by atoms with van der Waals surface area (Å²) in [5, 5.41) is 6.87. The number of nitrogens with one attached hydrogen (secondary N) is 2. The molecule has 0 spiro atoms. The molecule has 0 amide bonds. The molecule has 158 valence electrons. The Balaban J connectivity index is 1.79. The number of rotatable bonds is 11. The van der Waals surface area contributed by atoms with Gasteiger partial charge in [0.15, 0.2) is 5.96 Å². The van der Waals surface area contributed by atoms with Gasteiger partial charge in [0.05, 0.1) is 0 Å². The monoisotopic (exact) mass is 388 g/mol. The number of guanidine groups is 1. The first kappa shape index (κ1) is 22.7. The Labute approximate surface area is 171 Å². The van der Waals surface area contributed by atoms with Crippen molar-refractivity contribution >= 4 is 5.96 Å². The number of aliphatic imine (C=N–C) groups is 1. The van der Waals surface area contributed by atoms with Crippen LogP contribution >= 0.6 is 0 Å². The molecule has 0 saturated heterocycles. The maximum absolute atomic E-state index is 5.38. The lowest BCUT2D eigenvalue weighted by molar-refractivity contribution is 0.143. The van der Waals surface area contributed by atoms with Crippen LogP contribution in [-0.4, -0.2) is 50.8 Å². The van der Waals surface area contributed by atoms with E-state index in [4.69, 9.17) is 4.74 Å². The first-order valence-corrected chi connectivity index (χ1v) is 11.0. The standard InChI is InChI=1S/C23H40N4O/c1-4-28-17-11-10-16-25-23(24-2)26-18-20-12-8-9-13-21(20)19-27(3)22-14-6-5-7-15-22/h8-9,12-13,22H,4-7,10-11,14-19H2,1-3H3,(H2,24,25,26). The molecule has 0 atom stereocenters. The van der Waals surface area contributed by atoms with Crippen LogP contribution in [0.5, 0.6) is 0 Å². The van der Waals surface area contributed by atoms with E-state index in [1.165, 1.54) is 43.2 Å². The summed E-state index contributed by atoms with van der Waals surface area (Å²) in [6.45, 7) is 6.41. The molecular formula is C23H40N4O. The van der Waals surface area contributed by atoms with E-state index in [0.29, 0.717) is 0 Å². The van der Waals surface area contributed by atoms with Gasteiger partial charge in [-0.2, -0.15) is 0 Å². The molecule has 0 aliphatic heterocycles. The maximum atomic E-state index is 5.38. The van der Waals surface area contributed by atoms with Crippen LogP contribution in [0.1, 0.15) is 63.0 Å². The molecule has 2 rings (SSSR count). The molecule has 0 radical (unpaired) electrons. The Morgan fingerprint density at radius 3 is 2.57 bits per heavy atom. The molecular weight excluding hydrogens is 348 g/mol. The van der Waals surface area contributed by atoms with E-state index in [9.17, 15) is 0 Å². The normalized spacial score (nSPS) is 15.8. The lowest BCUT2D eigenvalue weighted by Crippen LogP contribution is -2.38. The average molecular weight is 389 g/mol. The molecule has 0 aromatic heterocycles. The molecule has 1 fully saturated rings. The van der Waals surface area contributed by atoms with Crippen molar-refractivity contribution in [2.75, 3.05) is 33.9 Å². The predicted octanol–water partition coefficient (Wildman–Crippen LogP) is 3.93. The summed E-state index contributed by atoms with van der Waals surface area (Å²) in [5.74, 6) is 0.867. The minimum absolute atomic E-state index is 0.737. The third kappa shape index (κ3) is 8.19. The summed E-state index contributed by atoms with van der Waals surface area (Å²) in [6.07, 6.45) is 9.02. The lowest BCUT2D eigenvalue weighted by Gasteiger charge is -2.31. The van der Waals surface area contributed by atoms with Gasteiger partial charge in [-0.05, 0) is 50.8 Å². The highest BCUT2D eigenvalue weighted by atomic mass is 16.5. The van der Waals surface area contributed by atoms with Gasteiger partial charge in [0.25, 0.3) is 0 Å². The fourth-order valence-electron chi connectivity index (χ4n) is 3.88. The highest BCUT2D eigenvalue weighted by Crippen LogP contribution is 2.23. The van der Waals surface area contributed by atoms with Crippen molar-refractivity contribution in [3.8, 4) is 0 Å². The number of hydrogen-bond acceptors (Lipinski definition) is 3. The van der Waals surface area contributed by atoms with Crippen molar-refractivity contribution in [1.82, 2.24) is 15.5 Å². The molecule has 1 aromatic carbocycles. The van der Waals surface area contributed by atoms with Crippen LogP contribution in [0.25, 0.3) is 0 Å². The third-order valence-corrected chi connectivity index (χ3v) is 5.62. The fraction of sp³-hybridized carbons (Fsp3) is 0.696. The first-order chi connectivity index (χ1) is 13.7. The van der Waals surface area contributed by atoms with E-state index in [-0.39, 0.29) is 0 Å². The highest BCUT2D eigenvalue weighted by molar-refractivity contribution is 5.79. The zero-order valence-corrected chi connectivity index (χ0v) is 18.2. The van der Waals surface area contributed by atoms with Crippen LogP contribution < -0.4 is 10.6 Å². The highest BCUT2D eigenvalue weighted by Gasteiger charge is 2.18. The predicted molar refractivity (Wildman–Crippen MR) is 119 cm³/mol. The summed E-state index contributed by atoms with van der Waals surface area (Å²) >= 11 is 0. The van der Waals surface area contributed by atoms with E-state index < -0.39 is 0 Å². The first-order valence-electron chi connectivity index (χ1n) is 11.0. The third-order valence-electron chi connectivity index (χ3n) is 5.62. The molecule has 1 aromatic rings. The van der Waals surface area contributed by atoms with E-state index in [0.717, 1.165) is 57.7 Å². The zero-order valence-electron chi connectivity index (χ0n) is 18.2. The number of unbranched alkanes of at least 4 members (excludes halogenated alkanes) is 1. The smallest absolute Gasteiger partial charge is 0.191 e. The molecule has 0 unspecified atom stereocenters.